The lowest BCUT2D eigenvalue weighted by Gasteiger charge is -2.26. The quantitative estimate of drug-likeness (QED) is 0.533. The number of hydrogen-bond donors (Lipinski definition) is 1. The van der Waals surface area contributed by atoms with Crippen molar-refractivity contribution < 1.29 is 28.6 Å². The summed E-state index contributed by atoms with van der Waals surface area (Å²) in [5, 5.41) is 2.84. The zero-order valence-electron chi connectivity index (χ0n) is 18.6. The molecular formula is C23H34ClNO6. The number of esters is 2. The molecule has 1 fully saturated rings. The monoisotopic (exact) mass is 455 g/mol. The Kier molecular flexibility index (Phi) is 12.0. The van der Waals surface area contributed by atoms with Crippen LogP contribution in [0.5, 0.6) is 5.75 Å². The van der Waals surface area contributed by atoms with Crippen molar-refractivity contribution in [2.45, 2.75) is 70.9 Å². The second kappa shape index (κ2) is 13.9. The molecule has 1 aromatic carbocycles. The molecule has 0 aliphatic heterocycles. The van der Waals surface area contributed by atoms with Crippen molar-refractivity contribution in [3.63, 3.8) is 0 Å². The minimum Gasteiger partial charge on any atom is -0.497 e. The van der Waals surface area contributed by atoms with E-state index in [9.17, 15) is 14.4 Å². The Bertz CT molecular complexity index is 701. The molecule has 0 aromatic heterocycles. The number of amides is 1. The van der Waals surface area contributed by atoms with Gasteiger partial charge in [-0.15, -0.1) is 12.4 Å². The smallest absolute Gasteiger partial charge is 0.308 e. The second-order valence-corrected chi connectivity index (χ2v) is 7.77. The Morgan fingerprint density at radius 2 is 1.68 bits per heavy atom. The number of carbonyl (C=O) groups is 3. The van der Waals surface area contributed by atoms with Gasteiger partial charge in [0.2, 0.25) is 5.91 Å². The van der Waals surface area contributed by atoms with Crippen LogP contribution in [0.4, 0.5) is 0 Å². The van der Waals surface area contributed by atoms with Crippen LogP contribution in [-0.2, 0) is 23.9 Å². The summed E-state index contributed by atoms with van der Waals surface area (Å²) in [5.74, 6) is 0.301. The largest absolute Gasteiger partial charge is 0.497 e. The molecule has 174 valence electrons. The predicted molar refractivity (Wildman–Crippen MR) is 119 cm³/mol. The van der Waals surface area contributed by atoms with Crippen molar-refractivity contribution in [2.24, 2.45) is 5.92 Å². The lowest BCUT2D eigenvalue weighted by Crippen LogP contribution is -2.31. The van der Waals surface area contributed by atoms with E-state index in [1.54, 1.807) is 38.3 Å². The summed E-state index contributed by atoms with van der Waals surface area (Å²) in [6.07, 6.45) is 3.91. The Hall–Kier alpha value is -2.28. The lowest BCUT2D eigenvalue weighted by atomic mass is 9.89. The lowest BCUT2D eigenvalue weighted by molar-refractivity contribution is -0.152. The number of rotatable bonds is 10. The fraction of sp³-hybridized carbons (Fsp3) is 0.609. The molecule has 1 unspecified atom stereocenters. The van der Waals surface area contributed by atoms with E-state index in [-0.39, 0.29) is 56.3 Å². The van der Waals surface area contributed by atoms with Crippen LogP contribution in [0.1, 0.15) is 70.4 Å². The van der Waals surface area contributed by atoms with E-state index in [0.29, 0.717) is 11.7 Å². The highest BCUT2D eigenvalue weighted by Crippen LogP contribution is 2.26. The Balaban J connectivity index is 0.00000480. The molecule has 2 rings (SSSR count). The summed E-state index contributed by atoms with van der Waals surface area (Å²) >= 11 is 0. The van der Waals surface area contributed by atoms with Crippen LogP contribution in [-0.4, -0.2) is 37.7 Å². The summed E-state index contributed by atoms with van der Waals surface area (Å²) in [6.45, 7) is 4.21. The Labute approximate surface area is 190 Å². The molecule has 1 aliphatic carbocycles. The molecule has 0 heterocycles. The van der Waals surface area contributed by atoms with Crippen LogP contribution in [0.25, 0.3) is 0 Å². The molecule has 1 atom stereocenters. The third-order valence-corrected chi connectivity index (χ3v) is 5.35. The van der Waals surface area contributed by atoms with Gasteiger partial charge in [0, 0.05) is 6.42 Å². The van der Waals surface area contributed by atoms with Crippen LogP contribution in [0, 0.1) is 5.92 Å². The normalized spacial score (nSPS) is 18.8. The first-order valence-electron chi connectivity index (χ1n) is 10.7. The minimum absolute atomic E-state index is 0. The van der Waals surface area contributed by atoms with Gasteiger partial charge >= 0.3 is 11.9 Å². The number of nitrogens with one attached hydrogen (secondary N) is 1. The highest BCUT2D eigenvalue weighted by Gasteiger charge is 2.23. The summed E-state index contributed by atoms with van der Waals surface area (Å²) < 4.78 is 15.7. The number of halogens is 1. The van der Waals surface area contributed by atoms with Crippen molar-refractivity contribution >= 4 is 30.3 Å². The van der Waals surface area contributed by atoms with Crippen LogP contribution in [0.3, 0.4) is 0 Å². The Morgan fingerprint density at radius 1 is 1.03 bits per heavy atom. The molecule has 1 N–H and O–H groups in total. The van der Waals surface area contributed by atoms with Crippen LogP contribution < -0.4 is 10.1 Å². The van der Waals surface area contributed by atoms with E-state index in [4.69, 9.17) is 14.2 Å². The molecule has 8 heteroatoms. The van der Waals surface area contributed by atoms with E-state index < -0.39 is 12.0 Å². The van der Waals surface area contributed by atoms with Gasteiger partial charge in [0.15, 0.2) is 0 Å². The summed E-state index contributed by atoms with van der Waals surface area (Å²) in [5.41, 5.74) is 0.760. The zero-order valence-corrected chi connectivity index (χ0v) is 19.4. The van der Waals surface area contributed by atoms with Crippen LogP contribution in [0.2, 0.25) is 0 Å². The molecule has 0 spiro atoms. The fourth-order valence-corrected chi connectivity index (χ4v) is 3.55. The maximum absolute atomic E-state index is 12.4. The standard InChI is InChI=1S/C23H33NO6.ClH/c1-4-29-23(27)15-20(17-7-11-18(28-3)12-8-17)24-21(25)13-14-22(26)30-19-9-5-16(2)6-10-19;/h7-8,11-12,16,19-20H,4-6,9-10,13-15H2,1-3H3,(H,24,25);1H. The summed E-state index contributed by atoms with van der Waals surface area (Å²) in [4.78, 5) is 36.5. The van der Waals surface area contributed by atoms with E-state index in [1.165, 1.54) is 0 Å². The second-order valence-electron chi connectivity index (χ2n) is 7.77. The highest BCUT2D eigenvalue weighted by molar-refractivity contribution is 5.85. The third-order valence-electron chi connectivity index (χ3n) is 5.35. The van der Waals surface area contributed by atoms with Gasteiger partial charge in [-0.25, -0.2) is 0 Å². The number of carbonyl (C=O) groups excluding carboxylic acids is 3. The number of hydrogen-bond acceptors (Lipinski definition) is 6. The fourth-order valence-electron chi connectivity index (χ4n) is 3.55. The first kappa shape index (κ1) is 26.8. The van der Waals surface area contributed by atoms with Crippen LogP contribution in [0.15, 0.2) is 24.3 Å². The van der Waals surface area contributed by atoms with E-state index >= 15 is 0 Å². The number of ether oxygens (including phenoxy) is 3. The molecule has 31 heavy (non-hydrogen) atoms. The van der Waals surface area contributed by atoms with E-state index in [0.717, 1.165) is 31.2 Å². The topological polar surface area (TPSA) is 90.9 Å². The van der Waals surface area contributed by atoms with Gasteiger partial charge in [-0.2, -0.15) is 0 Å². The van der Waals surface area contributed by atoms with Gasteiger partial charge in [0.05, 0.1) is 32.6 Å². The van der Waals surface area contributed by atoms with Crippen molar-refractivity contribution in [3.8, 4) is 5.75 Å². The van der Waals surface area contributed by atoms with Gasteiger partial charge in [0.25, 0.3) is 0 Å². The van der Waals surface area contributed by atoms with E-state index in [2.05, 4.69) is 12.2 Å². The molecule has 1 aromatic rings. The minimum atomic E-state index is -0.543. The van der Waals surface area contributed by atoms with Crippen molar-refractivity contribution in [3.05, 3.63) is 29.8 Å². The molecule has 7 nitrogen and oxygen atoms in total. The highest BCUT2D eigenvalue weighted by atomic mass is 35.5. The van der Waals surface area contributed by atoms with Crippen molar-refractivity contribution in [1.29, 1.82) is 0 Å². The van der Waals surface area contributed by atoms with E-state index in [1.807, 2.05) is 0 Å². The Morgan fingerprint density at radius 3 is 2.26 bits per heavy atom. The van der Waals surface area contributed by atoms with Crippen LogP contribution >= 0.6 is 12.4 Å². The maximum Gasteiger partial charge on any atom is 0.308 e. The molecule has 0 bridgehead atoms. The number of benzene rings is 1. The molecule has 1 amide bonds. The maximum atomic E-state index is 12.4. The van der Waals surface area contributed by atoms with Gasteiger partial charge in [0.1, 0.15) is 11.9 Å². The van der Waals surface area contributed by atoms with Gasteiger partial charge in [-0.1, -0.05) is 19.1 Å². The zero-order chi connectivity index (χ0) is 21.9. The molecule has 0 saturated heterocycles. The van der Waals surface area contributed by atoms with Crippen molar-refractivity contribution in [1.82, 2.24) is 5.32 Å². The first-order chi connectivity index (χ1) is 14.4. The molecule has 1 aliphatic rings. The van der Waals surface area contributed by atoms with Crippen molar-refractivity contribution in [2.75, 3.05) is 13.7 Å². The SMILES string of the molecule is CCOC(=O)CC(NC(=O)CCC(=O)OC1CCC(C)CC1)c1ccc(OC)cc1.Cl. The average molecular weight is 456 g/mol. The van der Waals surface area contributed by atoms with Gasteiger partial charge in [-0.3, -0.25) is 14.4 Å². The van der Waals surface area contributed by atoms with Gasteiger partial charge in [-0.05, 0) is 56.2 Å². The third kappa shape index (κ3) is 9.59. The molecule has 0 radical (unpaired) electrons. The molecular weight excluding hydrogens is 422 g/mol. The van der Waals surface area contributed by atoms with Gasteiger partial charge < -0.3 is 19.5 Å². The summed E-state index contributed by atoms with van der Waals surface area (Å²) in [7, 11) is 1.57. The predicted octanol–water partition coefficient (Wildman–Crippen LogP) is 4.13. The number of methoxy groups -OCH3 is 1. The first-order valence-corrected chi connectivity index (χ1v) is 10.7. The average Bonchev–Trinajstić information content (AvgIpc) is 2.74. The molecule has 1 saturated carbocycles. The summed E-state index contributed by atoms with van der Waals surface area (Å²) in [6, 6.07) is 6.57.